The van der Waals surface area contributed by atoms with Crippen LogP contribution in [0.25, 0.3) is 0 Å². The van der Waals surface area contributed by atoms with Crippen molar-refractivity contribution in [3.63, 3.8) is 0 Å². The highest BCUT2D eigenvalue weighted by atomic mass is 19.1. The predicted octanol–water partition coefficient (Wildman–Crippen LogP) is 2.03. The van der Waals surface area contributed by atoms with Crippen molar-refractivity contribution >= 4 is 11.9 Å². The van der Waals surface area contributed by atoms with E-state index < -0.39 is 0 Å². The van der Waals surface area contributed by atoms with Gasteiger partial charge in [-0.3, -0.25) is 0 Å². The average molecular weight is 316 g/mol. The van der Waals surface area contributed by atoms with Gasteiger partial charge in [-0.05, 0) is 29.4 Å². The zero-order valence-corrected chi connectivity index (χ0v) is 11.9. The molecule has 2 aromatic heterocycles. The van der Waals surface area contributed by atoms with Gasteiger partial charge in [0, 0.05) is 25.2 Å². The van der Waals surface area contributed by atoms with Crippen molar-refractivity contribution in [1.29, 1.82) is 0 Å². The van der Waals surface area contributed by atoms with Crippen molar-refractivity contribution in [1.82, 2.24) is 20.1 Å². The van der Waals surface area contributed by atoms with Gasteiger partial charge in [0.25, 0.3) is 5.95 Å². The number of nitrogens with two attached hydrogens (primary N) is 1. The average Bonchev–Trinajstić information content (AvgIpc) is 2.96. The number of ether oxygens (including phenoxy) is 1. The first kappa shape index (κ1) is 14.7. The largest absolute Gasteiger partial charge is 0.439 e. The van der Waals surface area contributed by atoms with Crippen LogP contribution in [-0.4, -0.2) is 26.7 Å². The number of hydrogen-bond acceptors (Lipinski definition) is 8. The van der Waals surface area contributed by atoms with E-state index in [1.54, 1.807) is 12.3 Å². The van der Waals surface area contributed by atoms with Gasteiger partial charge in [0.15, 0.2) is 0 Å². The van der Waals surface area contributed by atoms with Gasteiger partial charge in [0.2, 0.25) is 17.7 Å². The van der Waals surface area contributed by atoms with Crippen LogP contribution in [0, 0.1) is 5.82 Å². The Balaban J connectivity index is 1.57. The van der Waals surface area contributed by atoms with Crippen LogP contribution in [-0.2, 0) is 6.42 Å². The fourth-order valence-corrected chi connectivity index (χ4v) is 1.76. The molecule has 0 bridgehead atoms. The maximum atomic E-state index is 12.9. The lowest BCUT2D eigenvalue weighted by Gasteiger charge is -2.07. The highest BCUT2D eigenvalue weighted by molar-refractivity contribution is 5.31. The van der Waals surface area contributed by atoms with Crippen LogP contribution < -0.4 is 15.8 Å². The first-order valence-corrected chi connectivity index (χ1v) is 6.77. The Hall–Kier alpha value is -3.23. The number of benzene rings is 1. The second kappa shape index (κ2) is 6.69. The maximum Gasteiger partial charge on any atom is 0.260 e. The molecular formula is C14H13FN6O2. The minimum atomic E-state index is -0.330. The standard InChI is InChI=1S/C14H13FN6O2/c15-9-1-3-10(4-2-9)22-11-5-7-17-14(20-11)18-8-6-12-19-13(16)21-23-12/h1-5,7H,6,8H2,(H2,16,21)(H,17,18,20). The lowest BCUT2D eigenvalue weighted by molar-refractivity contribution is 0.381. The van der Waals surface area contributed by atoms with E-state index in [1.807, 2.05) is 0 Å². The normalized spacial score (nSPS) is 10.5. The summed E-state index contributed by atoms with van der Waals surface area (Å²) in [6.07, 6.45) is 2.04. The lowest BCUT2D eigenvalue weighted by atomic mass is 10.3. The summed E-state index contributed by atoms with van der Waals surface area (Å²) in [5.74, 6) is 1.41. The molecule has 0 atom stereocenters. The second-order valence-corrected chi connectivity index (χ2v) is 4.50. The quantitative estimate of drug-likeness (QED) is 0.710. The van der Waals surface area contributed by atoms with E-state index in [0.29, 0.717) is 36.4 Å². The highest BCUT2D eigenvalue weighted by Crippen LogP contribution is 2.19. The van der Waals surface area contributed by atoms with Crippen LogP contribution in [0.2, 0.25) is 0 Å². The van der Waals surface area contributed by atoms with E-state index in [4.69, 9.17) is 15.0 Å². The molecule has 0 aliphatic heterocycles. The SMILES string of the molecule is Nc1noc(CCNc2nccc(Oc3ccc(F)cc3)n2)n1. The second-order valence-electron chi connectivity index (χ2n) is 4.50. The summed E-state index contributed by atoms with van der Waals surface area (Å²) >= 11 is 0. The zero-order valence-electron chi connectivity index (χ0n) is 11.9. The molecule has 0 spiro atoms. The Morgan fingerprint density at radius 2 is 2.00 bits per heavy atom. The molecule has 23 heavy (non-hydrogen) atoms. The number of halogens is 1. The first-order valence-electron chi connectivity index (χ1n) is 6.77. The molecule has 0 radical (unpaired) electrons. The predicted molar refractivity (Wildman–Crippen MR) is 79.4 cm³/mol. The fraction of sp³-hybridized carbons (Fsp3) is 0.143. The van der Waals surface area contributed by atoms with Crippen molar-refractivity contribution in [2.75, 3.05) is 17.6 Å². The molecule has 0 fully saturated rings. The van der Waals surface area contributed by atoms with Gasteiger partial charge in [0.05, 0.1) is 0 Å². The fourth-order valence-electron chi connectivity index (χ4n) is 1.76. The van der Waals surface area contributed by atoms with Crippen molar-refractivity contribution in [3.8, 4) is 11.6 Å². The Morgan fingerprint density at radius 1 is 1.17 bits per heavy atom. The number of aromatic nitrogens is 4. The topological polar surface area (TPSA) is 112 Å². The van der Waals surface area contributed by atoms with Crippen molar-refractivity contribution in [2.45, 2.75) is 6.42 Å². The van der Waals surface area contributed by atoms with Crippen LogP contribution in [0.5, 0.6) is 11.6 Å². The van der Waals surface area contributed by atoms with Gasteiger partial charge in [0.1, 0.15) is 11.6 Å². The maximum absolute atomic E-state index is 12.9. The van der Waals surface area contributed by atoms with Crippen LogP contribution in [0.3, 0.4) is 0 Å². The third-order valence-electron chi connectivity index (χ3n) is 2.77. The van der Waals surface area contributed by atoms with Crippen molar-refractivity contribution in [2.24, 2.45) is 0 Å². The lowest BCUT2D eigenvalue weighted by Crippen LogP contribution is -2.08. The Morgan fingerprint density at radius 3 is 2.74 bits per heavy atom. The van der Waals surface area contributed by atoms with Crippen LogP contribution in [0.4, 0.5) is 16.3 Å². The van der Waals surface area contributed by atoms with E-state index in [0.717, 1.165) is 0 Å². The summed E-state index contributed by atoms with van der Waals surface area (Å²) < 4.78 is 23.3. The molecule has 118 valence electrons. The van der Waals surface area contributed by atoms with Gasteiger partial charge in [-0.15, -0.1) is 0 Å². The van der Waals surface area contributed by atoms with Gasteiger partial charge in [-0.1, -0.05) is 0 Å². The summed E-state index contributed by atoms with van der Waals surface area (Å²) in [5, 5.41) is 6.50. The Kier molecular flexibility index (Phi) is 4.27. The van der Waals surface area contributed by atoms with Crippen molar-refractivity contribution < 1.29 is 13.7 Å². The molecule has 3 aromatic rings. The molecule has 0 saturated heterocycles. The number of hydrogen-bond donors (Lipinski definition) is 2. The number of nitrogens with one attached hydrogen (secondary N) is 1. The van der Waals surface area contributed by atoms with E-state index in [2.05, 4.69) is 25.4 Å². The summed E-state index contributed by atoms with van der Waals surface area (Å²) in [4.78, 5) is 12.2. The highest BCUT2D eigenvalue weighted by Gasteiger charge is 2.05. The summed E-state index contributed by atoms with van der Waals surface area (Å²) in [6, 6.07) is 7.26. The molecule has 2 heterocycles. The van der Waals surface area contributed by atoms with Crippen molar-refractivity contribution in [3.05, 3.63) is 48.2 Å². The van der Waals surface area contributed by atoms with Gasteiger partial charge in [-0.2, -0.15) is 9.97 Å². The van der Waals surface area contributed by atoms with Gasteiger partial charge >= 0.3 is 0 Å². The molecule has 0 saturated carbocycles. The first-order chi connectivity index (χ1) is 11.2. The van der Waals surface area contributed by atoms with E-state index in [9.17, 15) is 4.39 Å². The molecule has 0 amide bonds. The van der Waals surface area contributed by atoms with Gasteiger partial charge in [-0.25, -0.2) is 9.37 Å². The third-order valence-corrected chi connectivity index (χ3v) is 2.77. The molecule has 0 aliphatic rings. The number of nitrogen functional groups attached to an aromatic ring is 1. The third kappa shape index (κ3) is 4.13. The molecule has 1 aromatic carbocycles. The number of nitrogens with zero attached hydrogens (tertiary/aromatic N) is 4. The van der Waals surface area contributed by atoms with E-state index in [1.165, 1.54) is 24.3 Å². The molecule has 0 aliphatic carbocycles. The molecule has 0 unspecified atom stereocenters. The van der Waals surface area contributed by atoms with Gasteiger partial charge < -0.3 is 20.3 Å². The molecular weight excluding hydrogens is 303 g/mol. The molecule has 3 rings (SSSR count). The minimum Gasteiger partial charge on any atom is -0.439 e. The summed E-state index contributed by atoms with van der Waals surface area (Å²) in [6.45, 7) is 0.488. The van der Waals surface area contributed by atoms with Crippen LogP contribution in [0.1, 0.15) is 5.89 Å². The number of anilines is 2. The summed E-state index contributed by atoms with van der Waals surface area (Å²) in [5.41, 5.74) is 5.36. The Bertz CT molecular complexity index is 777. The smallest absolute Gasteiger partial charge is 0.260 e. The van der Waals surface area contributed by atoms with E-state index >= 15 is 0 Å². The number of rotatable bonds is 6. The molecule has 3 N–H and O–H groups in total. The summed E-state index contributed by atoms with van der Waals surface area (Å²) in [7, 11) is 0. The zero-order chi connectivity index (χ0) is 16.1. The van der Waals surface area contributed by atoms with Crippen LogP contribution >= 0.6 is 0 Å². The van der Waals surface area contributed by atoms with Crippen LogP contribution in [0.15, 0.2) is 41.1 Å². The monoisotopic (exact) mass is 316 g/mol. The van der Waals surface area contributed by atoms with E-state index in [-0.39, 0.29) is 11.8 Å². The molecule has 9 heteroatoms. The Labute approximate surface area is 130 Å². The minimum absolute atomic E-state index is 0.103. The molecule has 8 nitrogen and oxygen atoms in total.